The van der Waals surface area contributed by atoms with E-state index in [0.29, 0.717) is 25.9 Å². The minimum Gasteiger partial charge on any atom is -0.341 e. The number of rotatable bonds is 2. The second-order valence-electron chi connectivity index (χ2n) is 4.45. The van der Waals surface area contributed by atoms with Crippen LogP contribution in [0.4, 0.5) is 0 Å². The molecule has 2 saturated heterocycles. The van der Waals surface area contributed by atoms with Gasteiger partial charge in [0.05, 0.1) is 17.5 Å². The van der Waals surface area contributed by atoms with Gasteiger partial charge in [-0.3, -0.25) is 4.79 Å². The summed E-state index contributed by atoms with van der Waals surface area (Å²) in [5.74, 6) is 0.584. The normalized spacial score (nSPS) is 35.0. The van der Waals surface area contributed by atoms with E-state index in [1.54, 1.807) is 4.90 Å². The van der Waals surface area contributed by atoms with E-state index in [1.807, 2.05) is 0 Å². The van der Waals surface area contributed by atoms with Crippen molar-refractivity contribution in [2.75, 3.05) is 24.6 Å². The second-order valence-corrected chi connectivity index (χ2v) is 6.68. The van der Waals surface area contributed by atoms with Crippen LogP contribution in [0.3, 0.4) is 0 Å². The zero-order valence-corrected chi connectivity index (χ0v) is 9.37. The van der Waals surface area contributed by atoms with E-state index >= 15 is 0 Å². The predicted molar refractivity (Wildman–Crippen MR) is 55.9 cm³/mol. The van der Waals surface area contributed by atoms with E-state index in [-0.39, 0.29) is 29.4 Å². The van der Waals surface area contributed by atoms with E-state index in [4.69, 9.17) is 5.73 Å². The second kappa shape index (κ2) is 3.75. The highest BCUT2D eigenvalue weighted by Gasteiger charge is 2.34. The van der Waals surface area contributed by atoms with Gasteiger partial charge in [-0.05, 0) is 18.8 Å². The first-order chi connectivity index (χ1) is 6.98. The molecule has 15 heavy (non-hydrogen) atoms. The van der Waals surface area contributed by atoms with Crippen LogP contribution < -0.4 is 5.73 Å². The van der Waals surface area contributed by atoms with Crippen LogP contribution in [0.15, 0.2) is 0 Å². The zero-order chi connectivity index (χ0) is 11.1. The van der Waals surface area contributed by atoms with Gasteiger partial charge in [0.25, 0.3) is 0 Å². The van der Waals surface area contributed by atoms with Crippen LogP contribution in [0, 0.1) is 5.92 Å². The minimum absolute atomic E-state index is 0.0284. The maximum atomic E-state index is 11.5. The highest BCUT2D eigenvalue weighted by Crippen LogP contribution is 2.21. The molecule has 86 valence electrons. The Labute approximate surface area is 89.5 Å². The Kier molecular flexibility index (Phi) is 2.72. The average molecular weight is 232 g/mol. The fraction of sp³-hybridized carbons (Fsp3) is 0.889. The number of hydrogen-bond donors (Lipinski definition) is 1. The number of sulfone groups is 1. The summed E-state index contributed by atoms with van der Waals surface area (Å²) in [5, 5.41) is 0. The average Bonchev–Trinajstić information content (AvgIpc) is 2.63. The lowest BCUT2D eigenvalue weighted by atomic mass is 10.1. The Bertz CT molecular complexity index is 366. The van der Waals surface area contributed by atoms with Gasteiger partial charge in [-0.1, -0.05) is 0 Å². The maximum absolute atomic E-state index is 11.5. The van der Waals surface area contributed by atoms with Crippen molar-refractivity contribution in [1.82, 2.24) is 4.90 Å². The molecule has 2 atom stereocenters. The summed E-state index contributed by atoms with van der Waals surface area (Å²) < 4.78 is 22.5. The fourth-order valence-corrected chi connectivity index (χ4v) is 4.12. The first kappa shape index (κ1) is 10.9. The van der Waals surface area contributed by atoms with Gasteiger partial charge in [-0.15, -0.1) is 0 Å². The lowest BCUT2D eigenvalue weighted by Gasteiger charge is -2.19. The summed E-state index contributed by atoms with van der Waals surface area (Å²) in [4.78, 5) is 13.2. The standard InChI is InChI=1S/C9H16N2O3S/c10-8-1-3-11(9(8)12)5-7-2-4-15(13,14)6-7/h7-8H,1-6,10H2. The summed E-state index contributed by atoms with van der Waals surface area (Å²) in [6, 6.07) is -0.372. The van der Waals surface area contributed by atoms with Gasteiger partial charge in [-0.2, -0.15) is 0 Å². The molecule has 2 aliphatic rings. The molecule has 0 saturated carbocycles. The number of nitrogens with zero attached hydrogens (tertiary/aromatic N) is 1. The van der Waals surface area contributed by atoms with Crippen LogP contribution in [-0.4, -0.2) is 49.9 Å². The van der Waals surface area contributed by atoms with Crippen molar-refractivity contribution in [2.24, 2.45) is 11.7 Å². The molecule has 0 spiro atoms. The Balaban J connectivity index is 1.91. The van der Waals surface area contributed by atoms with Crippen molar-refractivity contribution in [3.63, 3.8) is 0 Å². The molecular weight excluding hydrogens is 216 g/mol. The van der Waals surface area contributed by atoms with Gasteiger partial charge in [0.2, 0.25) is 5.91 Å². The molecule has 2 fully saturated rings. The third-order valence-corrected chi connectivity index (χ3v) is 4.98. The van der Waals surface area contributed by atoms with Crippen LogP contribution >= 0.6 is 0 Å². The first-order valence-electron chi connectivity index (χ1n) is 5.23. The molecule has 2 unspecified atom stereocenters. The summed E-state index contributed by atoms with van der Waals surface area (Å²) in [6.45, 7) is 1.24. The zero-order valence-electron chi connectivity index (χ0n) is 8.55. The summed E-state index contributed by atoms with van der Waals surface area (Å²) >= 11 is 0. The summed E-state index contributed by atoms with van der Waals surface area (Å²) in [5.41, 5.74) is 5.59. The molecule has 0 bridgehead atoms. The Morgan fingerprint density at radius 2 is 2.13 bits per heavy atom. The smallest absolute Gasteiger partial charge is 0.239 e. The first-order valence-corrected chi connectivity index (χ1v) is 7.05. The fourth-order valence-electron chi connectivity index (χ4n) is 2.27. The number of amides is 1. The largest absolute Gasteiger partial charge is 0.341 e. The topological polar surface area (TPSA) is 80.5 Å². The van der Waals surface area contributed by atoms with E-state index in [0.717, 1.165) is 0 Å². The van der Waals surface area contributed by atoms with E-state index < -0.39 is 9.84 Å². The summed E-state index contributed by atoms with van der Waals surface area (Å²) in [7, 11) is -2.84. The molecule has 0 radical (unpaired) electrons. The molecule has 2 aliphatic heterocycles. The minimum atomic E-state index is -2.84. The molecule has 0 aliphatic carbocycles. The van der Waals surface area contributed by atoms with E-state index in [9.17, 15) is 13.2 Å². The third-order valence-electron chi connectivity index (χ3n) is 3.14. The van der Waals surface area contributed by atoms with Gasteiger partial charge in [-0.25, -0.2) is 8.42 Å². The highest BCUT2D eigenvalue weighted by molar-refractivity contribution is 7.91. The van der Waals surface area contributed by atoms with Crippen molar-refractivity contribution >= 4 is 15.7 Å². The quantitative estimate of drug-likeness (QED) is 0.661. The number of hydrogen-bond acceptors (Lipinski definition) is 4. The number of likely N-dealkylation sites (tertiary alicyclic amines) is 1. The van der Waals surface area contributed by atoms with E-state index in [2.05, 4.69) is 0 Å². The van der Waals surface area contributed by atoms with Crippen molar-refractivity contribution in [2.45, 2.75) is 18.9 Å². The van der Waals surface area contributed by atoms with Crippen LogP contribution in [0.25, 0.3) is 0 Å². The van der Waals surface area contributed by atoms with Gasteiger partial charge in [0.1, 0.15) is 0 Å². The van der Waals surface area contributed by atoms with Crippen molar-refractivity contribution < 1.29 is 13.2 Å². The SMILES string of the molecule is NC1CCN(CC2CCS(=O)(=O)C2)C1=O. The van der Waals surface area contributed by atoms with Crippen molar-refractivity contribution in [3.8, 4) is 0 Å². The van der Waals surface area contributed by atoms with Crippen molar-refractivity contribution in [3.05, 3.63) is 0 Å². The Morgan fingerprint density at radius 1 is 1.40 bits per heavy atom. The molecular formula is C9H16N2O3S. The molecule has 2 heterocycles. The van der Waals surface area contributed by atoms with Crippen LogP contribution in [0.2, 0.25) is 0 Å². The van der Waals surface area contributed by atoms with Crippen LogP contribution in [0.5, 0.6) is 0 Å². The van der Waals surface area contributed by atoms with Gasteiger partial charge < -0.3 is 10.6 Å². The highest BCUT2D eigenvalue weighted by atomic mass is 32.2. The van der Waals surface area contributed by atoms with Crippen LogP contribution in [0.1, 0.15) is 12.8 Å². The summed E-state index contributed by atoms with van der Waals surface area (Å²) in [6.07, 6.45) is 1.37. The molecule has 1 amide bonds. The molecule has 6 heteroatoms. The molecule has 0 aromatic rings. The molecule has 5 nitrogen and oxygen atoms in total. The number of carbonyl (C=O) groups excluding carboxylic acids is 1. The molecule has 0 aromatic heterocycles. The Hall–Kier alpha value is -0.620. The van der Waals surface area contributed by atoms with Gasteiger partial charge in [0, 0.05) is 13.1 Å². The monoisotopic (exact) mass is 232 g/mol. The number of nitrogens with two attached hydrogens (primary N) is 1. The third kappa shape index (κ3) is 2.31. The molecule has 2 rings (SSSR count). The Morgan fingerprint density at radius 3 is 2.60 bits per heavy atom. The lowest BCUT2D eigenvalue weighted by Crippen LogP contribution is -2.37. The maximum Gasteiger partial charge on any atom is 0.239 e. The molecule has 0 aromatic carbocycles. The predicted octanol–water partition coefficient (Wildman–Crippen LogP) is -1.02. The van der Waals surface area contributed by atoms with Crippen molar-refractivity contribution in [1.29, 1.82) is 0 Å². The van der Waals surface area contributed by atoms with Gasteiger partial charge >= 0.3 is 0 Å². The molecule has 2 N–H and O–H groups in total. The van der Waals surface area contributed by atoms with Gasteiger partial charge in [0.15, 0.2) is 9.84 Å². The van der Waals surface area contributed by atoms with E-state index in [1.165, 1.54) is 0 Å². The number of carbonyl (C=O) groups is 1. The van der Waals surface area contributed by atoms with Crippen LogP contribution in [-0.2, 0) is 14.6 Å². The lowest BCUT2D eigenvalue weighted by molar-refractivity contribution is -0.129.